The predicted octanol–water partition coefficient (Wildman–Crippen LogP) is 11.4. The number of rotatable bonds is 6. The average Bonchev–Trinajstić information content (AvgIpc) is 3.79. The predicted molar refractivity (Wildman–Crippen MR) is 231 cm³/mol. The van der Waals surface area contributed by atoms with Crippen LogP contribution in [-0.2, 0) is 0 Å². The number of hydrogen-bond donors (Lipinski definition) is 0. The summed E-state index contributed by atoms with van der Waals surface area (Å²) >= 11 is 0. The van der Waals surface area contributed by atoms with Crippen LogP contribution in [0, 0.1) is 5.82 Å². The highest BCUT2D eigenvalue weighted by Crippen LogP contribution is 2.36. The lowest BCUT2D eigenvalue weighted by molar-refractivity contribution is 0.629. The summed E-state index contributed by atoms with van der Waals surface area (Å²) in [5.41, 5.74) is 11.4. The van der Waals surface area contributed by atoms with Gasteiger partial charge in [0.2, 0.25) is 5.95 Å². The van der Waals surface area contributed by atoms with E-state index in [4.69, 9.17) is 9.97 Å². The molecule has 0 spiro atoms. The van der Waals surface area contributed by atoms with Gasteiger partial charge in [0.15, 0.2) is 0 Å². The van der Waals surface area contributed by atoms with Crippen molar-refractivity contribution >= 4 is 44.9 Å². The van der Waals surface area contributed by atoms with Crippen molar-refractivity contribution in [3.05, 3.63) is 204 Å². The number of halogens is 1. The van der Waals surface area contributed by atoms with Gasteiger partial charge >= 0.3 is 0 Å². The molecule has 0 aliphatic heterocycles. The van der Waals surface area contributed by atoms with E-state index in [-0.39, 0.29) is 11.7 Å². The van der Waals surface area contributed by atoms with Crippen molar-refractivity contribution in [2.24, 2.45) is 0 Å². The number of fused-ring (bicyclic) bond motifs is 6. The highest BCUT2D eigenvalue weighted by molar-refractivity contribution is 6.09. The number of para-hydroxylation sites is 3. The largest absolute Gasteiger partial charge is 0.309 e. The van der Waals surface area contributed by atoms with Crippen LogP contribution in [0.25, 0.3) is 89.9 Å². The highest BCUT2D eigenvalue weighted by atomic mass is 19.1. The average molecular weight is 735 g/mol. The van der Waals surface area contributed by atoms with Gasteiger partial charge in [0, 0.05) is 50.9 Å². The molecule has 0 saturated heterocycles. The molecular weight excluding hydrogens is 700 g/mol. The summed E-state index contributed by atoms with van der Waals surface area (Å²) in [6.45, 7) is 0. The summed E-state index contributed by atoms with van der Waals surface area (Å²) in [4.78, 5) is 9.79. The van der Waals surface area contributed by atoms with Crippen LogP contribution >= 0.6 is 0 Å². The van der Waals surface area contributed by atoms with Gasteiger partial charge in [-0.25, -0.2) is 14.4 Å². The molecule has 7 aromatic carbocycles. The minimum atomic E-state index is -0.301. The van der Waals surface area contributed by atoms with Crippen LogP contribution in [0.15, 0.2) is 182 Å². The Kier molecular flexibility index (Phi) is 7.78. The third-order valence-electron chi connectivity index (χ3n) is 11.4. The van der Waals surface area contributed by atoms with Crippen LogP contribution in [0.4, 0.5) is 4.39 Å². The molecule has 0 bridgehead atoms. The van der Waals surface area contributed by atoms with Gasteiger partial charge in [-0.05, 0) is 94.4 Å². The van der Waals surface area contributed by atoms with Gasteiger partial charge in [-0.2, -0.15) is 0 Å². The Labute approximate surface area is 328 Å². The zero-order valence-corrected chi connectivity index (χ0v) is 30.9. The van der Waals surface area contributed by atoms with Crippen LogP contribution < -0.4 is 10.6 Å². The van der Waals surface area contributed by atoms with Gasteiger partial charge in [0.25, 0.3) is 0 Å². The number of aromatic nitrogens is 4. The maximum Gasteiger partial charge on any atom is 0.234 e. The topological polar surface area (TPSA) is 35.6 Å². The lowest BCUT2D eigenvalue weighted by atomic mass is 9.90. The Morgan fingerprint density at radius 1 is 0.474 bits per heavy atom. The third kappa shape index (κ3) is 5.66. The van der Waals surface area contributed by atoms with Gasteiger partial charge < -0.3 is 4.57 Å². The summed E-state index contributed by atoms with van der Waals surface area (Å²) in [6.07, 6.45) is 9.20. The third-order valence-corrected chi connectivity index (χ3v) is 11.4. The molecular formula is C52H35FN4. The first-order valence-corrected chi connectivity index (χ1v) is 19.4. The van der Waals surface area contributed by atoms with Crippen LogP contribution in [-0.4, -0.2) is 19.1 Å². The SMILES string of the molecule is Fc1cc(-c2ccc(-c3ccccc3)cc2)cc(-c2cnc(-n3c4c(c5ccccc53)=CC(c3ccc5c(c3)c3ccccc3n5-c3ccccc3)CC=4)nc2)c1. The molecule has 1 aliphatic rings. The minimum Gasteiger partial charge on any atom is -0.309 e. The first-order valence-electron chi connectivity index (χ1n) is 19.4. The molecule has 3 aromatic heterocycles. The van der Waals surface area contributed by atoms with Gasteiger partial charge in [0.1, 0.15) is 5.82 Å². The molecule has 11 rings (SSSR count). The Morgan fingerprint density at radius 3 is 1.79 bits per heavy atom. The molecule has 270 valence electrons. The van der Waals surface area contributed by atoms with E-state index in [1.165, 1.54) is 32.6 Å². The molecule has 1 aliphatic carbocycles. The quantitative estimate of drug-likeness (QED) is 0.171. The van der Waals surface area contributed by atoms with E-state index >= 15 is 4.39 Å². The molecule has 3 heterocycles. The Hall–Kier alpha value is -7.37. The minimum absolute atomic E-state index is 0.208. The highest BCUT2D eigenvalue weighted by Gasteiger charge is 2.20. The normalized spacial score (nSPS) is 13.7. The fourth-order valence-corrected chi connectivity index (χ4v) is 8.69. The molecule has 0 fully saturated rings. The van der Waals surface area contributed by atoms with Crippen molar-refractivity contribution in [3.8, 4) is 45.0 Å². The van der Waals surface area contributed by atoms with Crippen molar-refractivity contribution in [2.75, 3.05) is 0 Å². The van der Waals surface area contributed by atoms with Crippen molar-refractivity contribution in [2.45, 2.75) is 12.3 Å². The van der Waals surface area contributed by atoms with Crippen LogP contribution in [0.1, 0.15) is 17.9 Å². The summed E-state index contributed by atoms with van der Waals surface area (Å²) in [7, 11) is 0. The monoisotopic (exact) mass is 734 g/mol. The molecule has 0 amide bonds. The van der Waals surface area contributed by atoms with Crippen LogP contribution in [0.5, 0.6) is 0 Å². The van der Waals surface area contributed by atoms with E-state index < -0.39 is 0 Å². The smallest absolute Gasteiger partial charge is 0.234 e. The van der Waals surface area contributed by atoms with E-state index in [9.17, 15) is 0 Å². The zero-order chi connectivity index (χ0) is 37.9. The second-order valence-corrected chi connectivity index (χ2v) is 14.8. The molecule has 0 saturated carbocycles. The Bertz CT molecular complexity index is 3250. The molecule has 0 N–H and O–H groups in total. The fraction of sp³-hybridized carbons (Fsp3) is 0.0385. The lowest BCUT2D eigenvalue weighted by Crippen LogP contribution is -2.32. The molecule has 0 radical (unpaired) electrons. The molecule has 5 heteroatoms. The summed E-state index contributed by atoms with van der Waals surface area (Å²) < 4.78 is 19.6. The van der Waals surface area contributed by atoms with E-state index in [0.717, 1.165) is 61.7 Å². The maximum absolute atomic E-state index is 15.1. The molecule has 1 unspecified atom stereocenters. The van der Waals surface area contributed by atoms with Gasteiger partial charge in [-0.3, -0.25) is 4.57 Å². The number of hydrogen-bond acceptors (Lipinski definition) is 2. The lowest BCUT2D eigenvalue weighted by Gasteiger charge is -2.15. The van der Waals surface area contributed by atoms with Crippen molar-refractivity contribution < 1.29 is 4.39 Å². The summed E-state index contributed by atoms with van der Waals surface area (Å²) in [6, 6.07) is 58.3. The molecule has 4 nitrogen and oxygen atoms in total. The summed E-state index contributed by atoms with van der Waals surface area (Å²) in [5, 5.41) is 5.95. The molecule has 1 atom stereocenters. The van der Waals surface area contributed by atoms with E-state index in [0.29, 0.717) is 5.95 Å². The van der Waals surface area contributed by atoms with E-state index in [1.54, 1.807) is 24.5 Å². The summed E-state index contributed by atoms with van der Waals surface area (Å²) in [5.74, 6) is 0.493. The fourth-order valence-electron chi connectivity index (χ4n) is 8.69. The van der Waals surface area contributed by atoms with Gasteiger partial charge in [-0.1, -0.05) is 127 Å². The number of benzene rings is 7. The van der Waals surface area contributed by atoms with Gasteiger partial charge in [-0.15, -0.1) is 0 Å². The maximum atomic E-state index is 15.1. The first kappa shape index (κ1) is 33.0. The van der Waals surface area contributed by atoms with E-state index in [1.807, 2.05) is 36.4 Å². The molecule has 10 aromatic rings. The Morgan fingerprint density at radius 2 is 1.05 bits per heavy atom. The second kappa shape index (κ2) is 13.4. The van der Waals surface area contributed by atoms with Crippen LogP contribution in [0.3, 0.4) is 0 Å². The Balaban J connectivity index is 0.946. The van der Waals surface area contributed by atoms with Crippen molar-refractivity contribution in [1.82, 2.24) is 19.1 Å². The second-order valence-electron chi connectivity index (χ2n) is 14.8. The van der Waals surface area contributed by atoms with E-state index in [2.05, 4.69) is 143 Å². The van der Waals surface area contributed by atoms with Crippen molar-refractivity contribution in [1.29, 1.82) is 0 Å². The number of nitrogens with zero attached hydrogens (tertiary/aromatic N) is 4. The first-order chi connectivity index (χ1) is 28.2. The van der Waals surface area contributed by atoms with Crippen LogP contribution in [0.2, 0.25) is 0 Å². The van der Waals surface area contributed by atoms with Gasteiger partial charge in [0.05, 0.1) is 21.9 Å². The standard InChI is InChI=1S/C52H35FN4/c53-42-28-39(36-21-19-35(20-22-36)34-11-3-1-4-12-34)27-40(29-42)41-32-54-52(55-33-41)57-49-18-10-8-16-45(49)47-31-38(24-26-51(47)57)37-23-25-50-46(30-37)44-15-7-9-17-48(44)56(50)43-13-5-2-6-14-43/h1-23,25-33,38H,24H2. The van der Waals surface area contributed by atoms with Crippen molar-refractivity contribution in [3.63, 3.8) is 0 Å². The zero-order valence-electron chi connectivity index (χ0n) is 30.9. The molecule has 57 heavy (non-hydrogen) atoms.